The molecule has 0 spiro atoms. The zero-order valence-corrected chi connectivity index (χ0v) is 10.7. The third-order valence-corrected chi connectivity index (χ3v) is 2.52. The van der Waals surface area contributed by atoms with E-state index in [0.29, 0.717) is 31.2 Å². The van der Waals surface area contributed by atoms with Crippen molar-refractivity contribution in [3.8, 4) is 0 Å². The van der Waals surface area contributed by atoms with Crippen LogP contribution in [0.3, 0.4) is 0 Å². The molecule has 100 valence electrons. The second kappa shape index (κ2) is 6.05. The van der Waals surface area contributed by atoms with Gasteiger partial charge in [-0.05, 0) is 13.0 Å². The fourth-order valence-corrected chi connectivity index (χ4v) is 1.61. The summed E-state index contributed by atoms with van der Waals surface area (Å²) < 4.78 is 1.78. The lowest BCUT2D eigenvalue weighted by atomic mass is 10.3. The van der Waals surface area contributed by atoms with Crippen LogP contribution in [-0.4, -0.2) is 32.0 Å². The summed E-state index contributed by atoms with van der Waals surface area (Å²) in [5, 5.41) is 2.76. The summed E-state index contributed by atoms with van der Waals surface area (Å²) in [5.41, 5.74) is 6.57. The van der Waals surface area contributed by atoms with Gasteiger partial charge in [-0.2, -0.15) is 0 Å². The van der Waals surface area contributed by atoms with E-state index in [-0.39, 0.29) is 5.91 Å². The van der Waals surface area contributed by atoms with Crippen LogP contribution in [0, 0.1) is 6.92 Å². The van der Waals surface area contributed by atoms with Crippen LogP contribution in [0.25, 0.3) is 0 Å². The van der Waals surface area contributed by atoms with E-state index < -0.39 is 0 Å². The molecule has 0 aliphatic carbocycles. The molecule has 2 rings (SSSR count). The Labute approximate surface area is 110 Å². The van der Waals surface area contributed by atoms with E-state index in [9.17, 15) is 4.79 Å². The molecule has 2 aromatic heterocycles. The van der Waals surface area contributed by atoms with Crippen LogP contribution in [0.15, 0.2) is 24.8 Å². The largest absolute Gasteiger partial charge is 0.345 e. The highest BCUT2D eigenvalue weighted by molar-refractivity contribution is 5.91. The first-order valence-electron chi connectivity index (χ1n) is 5.97. The molecule has 0 aromatic carbocycles. The van der Waals surface area contributed by atoms with Gasteiger partial charge in [-0.1, -0.05) is 0 Å². The van der Waals surface area contributed by atoms with Crippen LogP contribution in [0.2, 0.25) is 0 Å². The van der Waals surface area contributed by atoms with Crippen LogP contribution in [0.1, 0.15) is 22.0 Å². The first-order chi connectivity index (χ1) is 9.19. The number of rotatable bonds is 5. The molecule has 0 saturated carbocycles. The normalized spacial score (nSPS) is 10.4. The third-order valence-electron chi connectivity index (χ3n) is 2.52. The molecule has 0 saturated heterocycles. The molecule has 0 bridgehead atoms. The smallest absolute Gasteiger partial charge is 0.271 e. The van der Waals surface area contributed by atoms with Crippen molar-refractivity contribution in [3.05, 3.63) is 42.0 Å². The molecular weight excluding hydrogens is 244 g/mol. The summed E-state index contributed by atoms with van der Waals surface area (Å²) in [4.78, 5) is 24.1. The zero-order valence-electron chi connectivity index (χ0n) is 10.7. The van der Waals surface area contributed by atoms with E-state index in [0.717, 1.165) is 5.69 Å². The van der Waals surface area contributed by atoms with Crippen LogP contribution < -0.4 is 11.1 Å². The van der Waals surface area contributed by atoms with Crippen molar-refractivity contribution in [1.82, 2.24) is 24.8 Å². The average molecular weight is 260 g/mol. The Balaban J connectivity index is 1.93. The Kier molecular flexibility index (Phi) is 4.19. The maximum absolute atomic E-state index is 11.9. The Morgan fingerprint density at radius 1 is 1.47 bits per heavy atom. The van der Waals surface area contributed by atoms with Gasteiger partial charge in [0.2, 0.25) is 0 Å². The van der Waals surface area contributed by atoms with Crippen LogP contribution in [0.5, 0.6) is 0 Å². The number of aromatic nitrogens is 4. The van der Waals surface area contributed by atoms with Gasteiger partial charge < -0.3 is 15.6 Å². The van der Waals surface area contributed by atoms with E-state index in [1.165, 1.54) is 0 Å². The van der Waals surface area contributed by atoms with E-state index in [1.54, 1.807) is 36.3 Å². The minimum Gasteiger partial charge on any atom is -0.345 e. The first-order valence-corrected chi connectivity index (χ1v) is 5.97. The van der Waals surface area contributed by atoms with Crippen molar-refractivity contribution in [2.75, 3.05) is 6.54 Å². The van der Waals surface area contributed by atoms with Crippen molar-refractivity contribution >= 4 is 5.91 Å². The molecule has 1 amide bonds. The van der Waals surface area contributed by atoms with Gasteiger partial charge in [-0.3, -0.25) is 4.79 Å². The number of imidazole rings is 1. The molecule has 7 nitrogen and oxygen atoms in total. The molecule has 2 heterocycles. The van der Waals surface area contributed by atoms with Crippen molar-refractivity contribution in [2.45, 2.75) is 20.0 Å². The number of carbonyl (C=O) groups excluding carboxylic acids is 1. The molecule has 19 heavy (non-hydrogen) atoms. The summed E-state index contributed by atoms with van der Waals surface area (Å²) in [7, 11) is 0. The highest BCUT2D eigenvalue weighted by atomic mass is 16.1. The van der Waals surface area contributed by atoms with Gasteiger partial charge >= 0.3 is 0 Å². The van der Waals surface area contributed by atoms with Gasteiger partial charge in [-0.15, -0.1) is 0 Å². The predicted molar refractivity (Wildman–Crippen MR) is 69.2 cm³/mol. The lowest BCUT2D eigenvalue weighted by Gasteiger charge is -2.03. The molecule has 0 unspecified atom stereocenters. The topological polar surface area (TPSA) is 98.7 Å². The number of amides is 1. The lowest BCUT2D eigenvalue weighted by molar-refractivity contribution is 0.0945. The zero-order chi connectivity index (χ0) is 13.7. The van der Waals surface area contributed by atoms with Gasteiger partial charge in [-0.25, -0.2) is 15.0 Å². The van der Waals surface area contributed by atoms with Crippen LogP contribution in [-0.2, 0) is 13.1 Å². The summed E-state index contributed by atoms with van der Waals surface area (Å²) >= 11 is 0. The van der Waals surface area contributed by atoms with E-state index >= 15 is 0 Å². The number of nitrogens with zero attached hydrogens (tertiary/aromatic N) is 4. The molecule has 7 heteroatoms. The number of carbonyl (C=O) groups is 1. The van der Waals surface area contributed by atoms with Crippen molar-refractivity contribution in [3.63, 3.8) is 0 Å². The second-order valence-electron chi connectivity index (χ2n) is 4.06. The standard InChI is InChI=1S/C12H16N6O/c1-9-14-4-2-10(17-9)6-15-12(19)11-7-18(5-3-13)8-16-11/h2,4,7-8H,3,5-6,13H2,1H3,(H,15,19). The summed E-state index contributed by atoms with van der Waals surface area (Å²) in [6.07, 6.45) is 4.93. The Morgan fingerprint density at radius 3 is 3.05 bits per heavy atom. The molecule has 0 radical (unpaired) electrons. The molecule has 3 N–H and O–H groups in total. The minimum atomic E-state index is -0.230. The molecule has 2 aromatic rings. The van der Waals surface area contributed by atoms with Crippen LogP contribution >= 0.6 is 0 Å². The van der Waals surface area contributed by atoms with Gasteiger partial charge in [0.15, 0.2) is 0 Å². The Hall–Kier alpha value is -2.28. The summed E-state index contributed by atoms with van der Waals surface area (Å²) in [6.45, 7) is 3.31. The number of nitrogens with two attached hydrogens (primary N) is 1. The second-order valence-corrected chi connectivity index (χ2v) is 4.06. The van der Waals surface area contributed by atoms with Gasteiger partial charge in [0.1, 0.15) is 11.5 Å². The van der Waals surface area contributed by atoms with E-state index in [2.05, 4.69) is 20.3 Å². The molecule has 0 aliphatic heterocycles. The number of nitrogens with one attached hydrogen (secondary N) is 1. The van der Waals surface area contributed by atoms with Crippen molar-refractivity contribution in [1.29, 1.82) is 0 Å². The molecule has 0 aliphatic rings. The van der Waals surface area contributed by atoms with Crippen LogP contribution in [0.4, 0.5) is 0 Å². The fourth-order valence-electron chi connectivity index (χ4n) is 1.61. The fraction of sp³-hybridized carbons (Fsp3) is 0.333. The minimum absolute atomic E-state index is 0.230. The van der Waals surface area contributed by atoms with Gasteiger partial charge in [0.05, 0.1) is 18.6 Å². The SMILES string of the molecule is Cc1nccc(CNC(=O)c2cn(CCN)cn2)n1. The molecular formula is C12H16N6O. The quantitative estimate of drug-likeness (QED) is 0.780. The number of hydrogen-bond acceptors (Lipinski definition) is 5. The monoisotopic (exact) mass is 260 g/mol. The Bertz CT molecular complexity index is 565. The maximum atomic E-state index is 11.9. The maximum Gasteiger partial charge on any atom is 0.271 e. The average Bonchev–Trinajstić information content (AvgIpc) is 2.85. The van der Waals surface area contributed by atoms with Gasteiger partial charge in [0.25, 0.3) is 5.91 Å². The summed E-state index contributed by atoms with van der Waals surface area (Å²) in [5.74, 6) is 0.450. The number of hydrogen-bond donors (Lipinski definition) is 2. The van der Waals surface area contributed by atoms with E-state index in [1.807, 2.05) is 0 Å². The Morgan fingerprint density at radius 2 is 2.32 bits per heavy atom. The highest BCUT2D eigenvalue weighted by Crippen LogP contribution is 1.98. The predicted octanol–water partition coefficient (Wildman–Crippen LogP) is -0.130. The third kappa shape index (κ3) is 3.59. The van der Waals surface area contributed by atoms with E-state index in [4.69, 9.17) is 5.73 Å². The van der Waals surface area contributed by atoms with Crippen molar-refractivity contribution < 1.29 is 4.79 Å². The summed E-state index contributed by atoms with van der Waals surface area (Å²) in [6, 6.07) is 1.76. The lowest BCUT2D eigenvalue weighted by Crippen LogP contribution is -2.23. The highest BCUT2D eigenvalue weighted by Gasteiger charge is 2.09. The van der Waals surface area contributed by atoms with Crippen molar-refractivity contribution in [2.24, 2.45) is 5.73 Å². The molecule has 0 atom stereocenters. The number of aryl methyl sites for hydroxylation is 1. The first kappa shape index (κ1) is 13.2. The van der Waals surface area contributed by atoms with Gasteiger partial charge in [0, 0.05) is 25.5 Å². The molecule has 0 fully saturated rings.